The summed E-state index contributed by atoms with van der Waals surface area (Å²) in [6, 6.07) is 5.37. The Labute approximate surface area is 105 Å². The molecule has 1 aromatic rings. The number of nitro benzene ring substituents is 1. The Bertz CT molecular complexity index is 434. The molecule has 0 radical (unpaired) electrons. The molecule has 6 nitrogen and oxygen atoms in total. The summed E-state index contributed by atoms with van der Waals surface area (Å²) in [5.41, 5.74) is 5.74. The van der Waals surface area contributed by atoms with Crippen molar-refractivity contribution in [3.05, 3.63) is 34.4 Å². The molecule has 98 valence electrons. The van der Waals surface area contributed by atoms with E-state index >= 15 is 0 Å². The van der Waals surface area contributed by atoms with Crippen molar-refractivity contribution in [1.29, 1.82) is 0 Å². The Morgan fingerprint density at radius 3 is 2.78 bits per heavy atom. The van der Waals surface area contributed by atoms with Gasteiger partial charge >= 0.3 is 0 Å². The van der Waals surface area contributed by atoms with E-state index in [1.807, 2.05) is 6.92 Å². The molecule has 0 bridgehead atoms. The van der Waals surface area contributed by atoms with Crippen LogP contribution < -0.4 is 11.1 Å². The highest BCUT2D eigenvalue weighted by Crippen LogP contribution is 2.23. The summed E-state index contributed by atoms with van der Waals surface area (Å²) in [5.74, 6) is -0.391. The Hall–Kier alpha value is -1.95. The maximum Gasteiger partial charge on any atom is 0.292 e. The van der Waals surface area contributed by atoms with E-state index in [1.54, 1.807) is 12.1 Å². The van der Waals surface area contributed by atoms with E-state index in [1.165, 1.54) is 12.1 Å². The Morgan fingerprint density at radius 2 is 2.17 bits per heavy atom. The molecule has 0 saturated carbocycles. The summed E-state index contributed by atoms with van der Waals surface area (Å²) >= 11 is 0. The summed E-state index contributed by atoms with van der Waals surface area (Å²) in [5, 5.41) is 13.3. The SMILES string of the molecule is CCCC[C@H](N)C(=O)Nc1ccccc1[N+](=O)[O-]. The van der Waals surface area contributed by atoms with Gasteiger partial charge in [0.1, 0.15) is 5.69 Å². The predicted molar refractivity (Wildman–Crippen MR) is 69.2 cm³/mol. The first kappa shape index (κ1) is 14.1. The second-order valence-corrected chi connectivity index (χ2v) is 4.01. The smallest absolute Gasteiger partial charge is 0.292 e. The van der Waals surface area contributed by atoms with Gasteiger partial charge in [0.25, 0.3) is 5.69 Å². The lowest BCUT2D eigenvalue weighted by Gasteiger charge is -2.11. The third kappa shape index (κ3) is 3.81. The van der Waals surface area contributed by atoms with Gasteiger partial charge in [0.15, 0.2) is 0 Å². The summed E-state index contributed by atoms with van der Waals surface area (Å²) < 4.78 is 0. The fourth-order valence-electron chi connectivity index (χ4n) is 1.52. The van der Waals surface area contributed by atoms with Crippen molar-refractivity contribution in [3.8, 4) is 0 Å². The first-order valence-corrected chi connectivity index (χ1v) is 5.86. The van der Waals surface area contributed by atoms with Gasteiger partial charge < -0.3 is 11.1 Å². The van der Waals surface area contributed by atoms with Crippen LogP contribution in [0.4, 0.5) is 11.4 Å². The first-order valence-electron chi connectivity index (χ1n) is 5.86. The molecule has 0 fully saturated rings. The zero-order valence-corrected chi connectivity index (χ0v) is 10.3. The third-order valence-corrected chi connectivity index (χ3v) is 2.56. The second kappa shape index (κ2) is 6.70. The predicted octanol–water partition coefficient (Wildman–Crippen LogP) is 2.05. The van der Waals surface area contributed by atoms with Crippen molar-refractivity contribution >= 4 is 17.3 Å². The van der Waals surface area contributed by atoms with E-state index in [9.17, 15) is 14.9 Å². The van der Waals surface area contributed by atoms with Crippen LogP contribution in [0, 0.1) is 10.1 Å². The normalized spacial score (nSPS) is 11.9. The number of hydrogen-bond acceptors (Lipinski definition) is 4. The summed E-state index contributed by atoms with van der Waals surface area (Å²) in [6.07, 6.45) is 2.38. The number of amides is 1. The van der Waals surface area contributed by atoms with E-state index in [0.29, 0.717) is 6.42 Å². The van der Waals surface area contributed by atoms with Gasteiger partial charge in [-0.1, -0.05) is 31.9 Å². The van der Waals surface area contributed by atoms with Crippen LogP contribution in [0.25, 0.3) is 0 Å². The number of anilines is 1. The molecule has 1 atom stereocenters. The van der Waals surface area contributed by atoms with E-state index in [2.05, 4.69) is 5.32 Å². The number of hydrogen-bond donors (Lipinski definition) is 2. The summed E-state index contributed by atoms with van der Waals surface area (Å²) in [6.45, 7) is 2.01. The lowest BCUT2D eigenvalue weighted by molar-refractivity contribution is -0.383. The number of para-hydroxylation sites is 2. The van der Waals surface area contributed by atoms with Crippen LogP contribution in [0.2, 0.25) is 0 Å². The molecule has 1 aromatic carbocycles. The number of nitrogens with two attached hydrogens (primary N) is 1. The quantitative estimate of drug-likeness (QED) is 0.597. The molecule has 0 saturated heterocycles. The molecule has 1 rings (SSSR count). The van der Waals surface area contributed by atoms with Gasteiger partial charge in [-0.3, -0.25) is 14.9 Å². The molecule has 0 spiro atoms. The van der Waals surface area contributed by atoms with Gasteiger partial charge in [0.2, 0.25) is 5.91 Å². The molecule has 0 aliphatic heterocycles. The zero-order valence-electron chi connectivity index (χ0n) is 10.3. The fraction of sp³-hybridized carbons (Fsp3) is 0.417. The number of carbonyl (C=O) groups excluding carboxylic acids is 1. The van der Waals surface area contributed by atoms with E-state index < -0.39 is 16.9 Å². The van der Waals surface area contributed by atoms with Crippen LogP contribution in [0.3, 0.4) is 0 Å². The minimum atomic E-state index is -0.634. The first-order chi connectivity index (χ1) is 8.56. The van der Waals surface area contributed by atoms with Crippen molar-refractivity contribution < 1.29 is 9.72 Å². The summed E-state index contributed by atoms with van der Waals surface area (Å²) in [7, 11) is 0. The highest BCUT2D eigenvalue weighted by molar-refractivity contribution is 5.96. The van der Waals surface area contributed by atoms with Gasteiger partial charge in [0.05, 0.1) is 11.0 Å². The minimum Gasteiger partial charge on any atom is -0.320 e. The van der Waals surface area contributed by atoms with Gasteiger partial charge in [-0.15, -0.1) is 0 Å². The highest BCUT2D eigenvalue weighted by Gasteiger charge is 2.18. The molecule has 3 N–H and O–H groups in total. The number of nitro groups is 1. The number of nitrogens with one attached hydrogen (secondary N) is 1. The fourth-order valence-corrected chi connectivity index (χ4v) is 1.52. The van der Waals surface area contributed by atoms with Gasteiger partial charge in [0, 0.05) is 6.07 Å². The van der Waals surface area contributed by atoms with Crippen LogP contribution in [0.1, 0.15) is 26.2 Å². The van der Waals surface area contributed by atoms with Crippen molar-refractivity contribution in [1.82, 2.24) is 0 Å². The molecule has 0 heterocycles. The monoisotopic (exact) mass is 251 g/mol. The molecule has 0 aliphatic rings. The van der Waals surface area contributed by atoms with Crippen LogP contribution >= 0.6 is 0 Å². The number of rotatable bonds is 6. The summed E-state index contributed by atoms with van der Waals surface area (Å²) in [4.78, 5) is 22.0. The van der Waals surface area contributed by atoms with Crippen LogP contribution in [-0.4, -0.2) is 16.9 Å². The lowest BCUT2D eigenvalue weighted by atomic mass is 10.1. The van der Waals surface area contributed by atoms with Gasteiger partial charge in [-0.2, -0.15) is 0 Å². The average Bonchev–Trinajstić information content (AvgIpc) is 2.36. The lowest BCUT2D eigenvalue weighted by Crippen LogP contribution is -2.35. The van der Waals surface area contributed by atoms with Crippen molar-refractivity contribution in [3.63, 3.8) is 0 Å². The van der Waals surface area contributed by atoms with E-state index in [4.69, 9.17) is 5.73 Å². The molecule has 0 aromatic heterocycles. The topological polar surface area (TPSA) is 98.3 Å². The molecule has 18 heavy (non-hydrogen) atoms. The van der Waals surface area contributed by atoms with Crippen molar-refractivity contribution in [2.45, 2.75) is 32.2 Å². The van der Waals surface area contributed by atoms with Gasteiger partial charge in [-0.05, 0) is 12.5 Å². The molecule has 1 amide bonds. The molecule has 0 aliphatic carbocycles. The average molecular weight is 251 g/mol. The molecular formula is C12H17N3O3. The van der Waals surface area contributed by atoms with Crippen LogP contribution in [-0.2, 0) is 4.79 Å². The molecule has 0 unspecified atom stereocenters. The zero-order chi connectivity index (χ0) is 13.5. The van der Waals surface area contributed by atoms with Crippen LogP contribution in [0.15, 0.2) is 24.3 Å². The van der Waals surface area contributed by atoms with E-state index in [0.717, 1.165) is 12.8 Å². The number of carbonyl (C=O) groups is 1. The standard InChI is InChI=1S/C12H17N3O3/c1-2-3-6-9(13)12(16)14-10-7-4-5-8-11(10)15(17)18/h4-5,7-9H,2-3,6,13H2,1H3,(H,14,16)/t9-/m0/s1. The minimum absolute atomic E-state index is 0.131. The van der Waals surface area contributed by atoms with Crippen molar-refractivity contribution in [2.24, 2.45) is 5.73 Å². The second-order valence-electron chi connectivity index (χ2n) is 4.01. The van der Waals surface area contributed by atoms with Gasteiger partial charge in [-0.25, -0.2) is 0 Å². The maximum atomic E-state index is 11.7. The number of nitrogens with zero attached hydrogens (tertiary/aromatic N) is 1. The maximum absolute atomic E-state index is 11.7. The number of benzene rings is 1. The Balaban J connectivity index is 2.72. The molecule has 6 heteroatoms. The Kier molecular flexibility index (Phi) is 5.26. The largest absolute Gasteiger partial charge is 0.320 e. The third-order valence-electron chi connectivity index (χ3n) is 2.56. The number of unbranched alkanes of at least 4 members (excludes halogenated alkanes) is 1. The van der Waals surface area contributed by atoms with E-state index in [-0.39, 0.29) is 11.4 Å². The highest BCUT2D eigenvalue weighted by atomic mass is 16.6. The Morgan fingerprint density at radius 1 is 1.50 bits per heavy atom. The van der Waals surface area contributed by atoms with Crippen molar-refractivity contribution in [2.75, 3.05) is 5.32 Å². The van der Waals surface area contributed by atoms with Crippen LogP contribution in [0.5, 0.6) is 0 Å². The molecular weight excluding hydrogens is 234 g/mol.